The van der Waals surface area contributed by atoms with Crippen LogP contribution in [0.3, 0.4) is 0 Å². The molecule has 3 aromatic rings. The Morgan fingerprint density at radius 2 is 1.25 bits per heavy atom. The third-order valence-corrected chi connectivity index (χ3v) is 5.00. The van der Waals surface area contributed by atoms with Crippen molar-refractivity contribution in [2.75, 3.05) is 20.3 Å². The monoisotopic (exact) mass is 438 g/mol. The zero-order valence-electron chi connectivity index (χ0n) is 18.2. The lowest BCUT2D eigenvalue weighted by atomic mass is 10.1. The van der Waals surface area contributed by atoms with Crippen LogP contribution in [0.5, 0.6) is 11.5 Å². The highest BCUT2D eigenvalue weighted by Gasteiger charge is 2.30. The minimum Gasteiger partial charge on any atom is -0.497 e. The number of hydrogen-bond acceptors (Lipinski definition) is 6. The fourth-order valence-electron chi connectivity index (χ4n) is 3.21. The third kappa shape index (κ3) is 7.35. The average molecular weight is 439 g/mol. The molecule has 3 rings (SSSR count). The number of methoxy groups -OCH3 is 1. The number of rotatable bonds is 13. The molecule has 6 nitrogen and oxygen atoms in total. The zero-order valence-corrected chi connectivity index (χ0v) is 18.2. The van der Waals surface area contributed by atoms with Crippen LogP contribution in [0.25, 0.3) is 0 Å². The molecule has 2 N–H and O–H groups in total. The second-order valence-corrected chi connectivity index (χ2v) is 7.33. The molecule has 0 aromatic heterocycles. The van der Waals surface area contributed by atoms with Crippen molar-refractivity contribution in [3.8, 4) is 11.5 Å². The van der Waals surface area contributed by atoms with Crippen molar-refractivity contribution in [3.63, 3.8) is 0 Å². The third-order valence-electron chi connectivity index (χ3n) is 5.00. The van der Waals surface area contributed by atoms with Gasteiger partial charge in [-0.2, -0.15) is 0 Å². The summed E-state index contributed by atoms with van der Waals surface area (Å²) in [6, 6.07) is 26.4. The van der Waals surface area contributed by atoms with Gasteiger partial charge in [0.2, 0.25) is 0 Å². The van der Waals surface area contributed by atoms with E-state index in [4.69, 9.17) is 18.9 Å². The maximum absolute atomic E-state index is 10.9. The molecule has 0 heterocycles. The molecule has 0 aliphatic carbocycles. The summed E-state index contributed by atoms with van der Waals surface area (Å²) in [6.45, 7) is 0.252. The van der Waals surface area contributed by atoms with Crippen LogP contribution in [0.2, 0.25) is 0 Å². The zero-order chi connectivity index (χ0) is 22.6. The smallest absolute Gasteiger partial charge is 0.119 e. The second kappa shape index (κ2) is 12.8. The highest BCUT2D eigenvalue weighted by molar-refractivity contribution is 5.31. The summed E-state index contributed by atoms with van der Waals surface area (Å²) < 4.78 is 22.8. The molecule has 6 heteroatoms. The van der Waals surface area contributed by atoms with Crippen LogP contribution in [0.4, 0.5) is 0 Å². The highest BCUT2D eigenvalue weighted by atomic mass is 16.6. The van der Waals surface area contributed by atoms with Crippen molar-refractivity contribution < 1.29 is 29.2 Å². The largest absolute Gasteiger partial charge is 0.497 e. The van der Waals surface area contributed by atoms with E-state index in [1.165, 1.54) is 0 Å². The van der Waals surface area contributed by atoms with E-state index in [0.717, 1.165) is 16.9 Å². The fourth-order valence-corrected chi connectivity index (χ4v) is 3.21. The molecule has 32 heavy (non-hydrogen) atoms. The Labute approximate surface area is 189 Å². The summed E-state index contributed by atoms with van der Waals surface area (Å²) >= 11 is 0. The lowest BCUT2D eigenvalue weighted by Crippen LogP contribution is -2.45. The summed E-state index contributed by atoms with van der Waals surface area (Å²) in [5.74, 6) is 1.31. The minimum absolute atomic E-state index is 0.0169. The topological polar surface area (TPSA) is 77.4 Å². The normalized spacial score (nSPS) is 13.8. The van der Waals surface area contributed by atoms with Gasteiger partial charge >= 0.3 is 0 Å². The van der Waals surface area contributed by atoms with Gasteiger partial charge in [-0.25, -0.2) is 0 Å². The van der Waals surface area contributed by atoms with Crippen molar-refractivity contribution >= 4 is 0 Å². The van der Waals surface area contributed by atoms with Crippen LogP contribution in [-0.2, 0) is 22.7 Å². The predicted octanol–water partition coefficient (Wildman–Crippen LogP) is 3.60. The molecule has 0 saturated heterocycles. The van der Waals surface area contributed by atoms with E-state index in [9.17, 15) is 10.2 Å². The maximum Gasteiger partial charge on any atom is 0.119 e. The van der Waals surface area contributed by atoms with E-state index >= 15 is 0 Å². The minimum atomic E-state index is -1.02. The molecule has 0 unspecified atom stereocenters. The first-order valence-corrected chi connectivity index (χ1v) is 10.6. The number of aliphatic hydroxyl groups is 2. The summed E-state index contributed by atoms with van der Waals surface area (Å²) in [5, 5.41) is 20.9. The molecule has 0 aliphatic rings. The van der Waals surface area contributed by atoms with Gasteiger partial charge in [0.15, 0.2) is 0 Å². The van der Waals surface area contributed by atoms with E-state index in [2.05, 4.69) is 0 Å². The molecule has 3 aromatic carbocycles. The van der Waals surface area contributed by atoms with Crippen LogP contribution >= 0.6 is 0 Å². The summed E-state index contributed by atoms with van der Waals surface area (Å²) in [5.41, 5.74) is 1.93. The Morgan fingerprint density at radius 1 is 0.719 bits per heavy atom. The van der Waals surface area contributed by atoms with Gasteiger partial charge in [-0.1, -0.05) is 60.7 Å². The van der Waals surface area contributed by atoms with Crippen LogP contribution in [0.15, 0.2) is 84.9 Å². The van der Waals surface area contributed by atoms with Gasteiger partial charge in [0.05, 0.1) is 26.9 Å². The Balaban J connectivity index is 1.65. The van der Waals surface area contributed by atoms with Gasteiger partial charge in [0, 0.05) is 0 Å². The summed E-state index contributed by atoms with van der Waals surface area (Å²) in [6.07, 6.45) is -2.54. The molecule has 0 aliphatic heterocycles. The molecule has 0 spiro atoms. The van der Waals surface area contributed by atoms with Crippen molar-refractivity contribution in [1.29, 1.82) is 0 Å². The standard InChI is InChI=1S/C26H30O6/c1-29-22-12-14-23(15-13-22)30-19-24(28)26(32-18-21-10-6-3-7-11-21)25(16-27)31-17-20-8-4-2-5-9-20/h2-15,24-28H,16-19H2,1H3/t24-,25+,26-/m1/s1. The van der Waals surface area contributed by atoms with Gasteiger partial charge in [0.1, 0.15) is 36.4 Å². The molecule has 0 bridgehead atoms. The van der Waals surface area contributed by atoms with Gasteiger partial charge in [-0.15, -0.1) is 0 Å². The summed E-state index contributed by atoms with van der Waals surface area (Å²) in [7, 11) is 1.60. The molecular weight excluding hydrogens is 408 g/mol. The van der Waals surface area contributed by atoms with Gasteiger partial charge in [0.25, 0.3) is 0 Å². The second-order valence-electron chi connectivity index (χ2n) is 7.33. The Kier molecular flexibility index (Phi) is 9.53. The van der Waals surface area contributed by atoms with E-state index in [-0.39, 0.29) is 19.8 Å². The number of ether oxygens (including phenoxy) is 4. The predicted molar refractivity (Wildman–Crippen MR) is 122 cm³/mol. The molecule has 0 radical (unpaired) electrons. The van der Waals surface area contributed by atoms with Crippen molar-refractivity contribution in [3.05, 3.63) is 96.1 Å². The van der Waals surface area contributed by atoms with Crippen molar-refractivity contribution in [2.24, 2.45) is 0 Å². The molecule has 0 saturated carbocycles. The number of hydrogen-bond donors (Lipinski definition) is 2. The first-order valence-electron chi connectivity index (χ1n) is 10.6. The average Bonchev–Trinajstić information content (AvgIpc) is 2.86. The SMILES string of the molecule is COc1ccc(OC[C@@H](O)[C@@H](OCc2ccccc2)[C@H](CO)OCc2ccccc2)cc1. The molecule has 3 atom stereocenters. The number of benzene rings is 3. The quantitative estimate of drug-likeness (QED) is 0.425. The summed E-state index contributed by atoms with van der Waals surface area (Å²) in [4.78, 5) is 0. The van der Waals surface area contributed by atoms with E-state index in [1.54, 1.807) is 31.4 Å². The van der Waals surface area contributed by atoms with Gasteiger partial charge in [-0.3, -0.25) is 0 Å². The van der Waals surface area contributed by atoms with Crippen molar-refractivity contribution in [1.82, 2.24) is 0 Å². The molecule has 170 valence electrons. The fraction of sp³-hybridized carbons (Fsp3) is 0.308. The molecule has 0 amide bonds. The van der Waals surface area contributed by atoms with E-state index in [0.29, 0.717) is 12.4 Å². The van der Waals surface area contributed by atoms with Crippen molar-refractivity contribution in [2.45, 2.75) is 31.5 Å². The van der Waals surface area contributed by atoms with E-state index < -0.39 is 18.3 Å². The van der Waals surface area contributed by atoms with E-state index in [1.807, 2.05) is 60.7 Å². The Bertz CT molecular complexity index is 885. The first-order chi connectivity index (χ1) is 15.7. The van der Waals surface area contributed by atoms with Crippen LogP contribution < -0.4 is 9.47 Å². The lowest BCUT2D eigenvalue weighted by Gasteiger charge is -2.30. The van der Waals surface area contributed by atoms with Gasteiger partial charge < -0.3 is 29.2 Å². The lowest BCUT2D eigenvalue weighted by molar-refractivity contribution is -0.150. The highest BCUT2D eigenvalue weighted by Crippen LogP contribution is 2.19. The molecular formula is C26H30O6. The Hall–Kier alpha value is -2.90. The first kappa shape index (κ1) is 23.8. The van der Waals surface area contributed by atoms with Crippen LogP contribution in [0.1, 0.15) is 11.1 Å². The van der Waals surface area contributed by atoms with Crippen LogP contribution in [0, 0.1) is 0 Å². The number of aliphatic hydroxyl groups excluding tert-OH is 2. The Morgan fingerprint density at radius 3 is 1.78 bits per heavy atom. The molecule has 0 fully saturated rings. The van der Waals surface area contributed by atoms with Crippen LogP contribution in [-0.4, -0.2) is 48.8 Å². The maximum atomic E-state index is 10.9. The van der Waals surface area contributed by atoms with Gasteiger partial charge in [-0.05, 0) is 35.4 Å².